The van der Waals surface area contributed by atoms with Crippen LogP contribution in [-0.4, -0.2) is 79.0 Å². The molecule has 3 heterocycles. The molecule has 226 valence electrons. The Kier molecular flexibility index (Phi) is 8.05. The molecule has 0 aromatic heterocycles. The SMILES string of the molecule is COc1ccc(C(NC2=NC=NC3C2N=CN3[C@@H]2O[C@@](CO)(CN=[N+]=[N-])[C@@H](C)[C@H]2F)(c2ccccc2)c2ccccc2)cc1. The molecule has 0 amide bonds. The van der Waals surface area contributed by atoms with Crippen LogP contribution in [0.2, 0.25) is 0 Å². The number of azide groups is 1. The number of methoxy groups -OCH3 is 1. The molecule has 2 N–H and O–H groups in total. The van der Waals surface area contributed by atoms with Crippen LogP contribution < -0.4 is 10.1 Å². The molecule has 1 fully saturated rings. The van der Waals surface area contributed by atoms with Gasteiger partial charge in [0, 0.05) is 10.8 Å². The summed E-state index contributed by atoms with van der Waals surface area (Å²) in [7, 11) is 1.63. The number of rotatable bonds is 9. The summed E-state index contributed by atoms with van der Waals surface area (Å²) < 4.78 is 27.4. The number of hydrogen-bond donors (Lipinski definition) is 2. The lowest BCUT2D eigenvalue weighted by Crippen LogP contribution is -2.56. The van der Waals surface area contributed by atoms with Crippen LogP contribution in [0.3, 0.4) is 0 Å². The average Bonchev–Trinajstić information content (AvgIpc) is 3.62. The molecule has 3 aromatic rings. The van der Waals surface area contributed by atoms with E-state index in [9.17, 15) is 5.11 Å². The van der Waals surface area contributed by atoms with E-state index in [1.54, 1.807) is 18.9 Å². The Hall–Kier alpha value is -4.77. The van der Waals surface area contributed by atoms with E-state index in [1.807, 2.05) is 60.7 Å². The van der Waals surface area contributed by atoms with E-state index in [4.69, 9.17) is 20.0 Å². The average molecular weight is 597 g/mol. The summed E-state index contributed by atoms with van der Waals surface area (Å²) in [6.07, 6.45) is -0.278. The van der Waals surface area contributed by atoms with Crippen molar-refractivity contribution in [2.75, 3.05) is 20.3 Å². The van der Waals surface area contributed by atoms with Gasteiger partial charge in [0.1, 0.15) is 35.1 Å². The lowest BCUT2D eigenvalue weighted by atomic mass is 9.76. The van der Waals surface area contributed by atoms with Gasteiger partial charge in [0.2, 0.25) is 0 Å². The summed E-state index contributed by atoms with van der Waals surface area (Å²) in [5, 5.41) is 17.5. The van der Waals surface area contributed by atoms with Gasteiger partial charge in [0.25, 0.3) is 0 Å². The zero-order valence-electron chi connectivity index (χ0n) is 24.3. The van der Waals surface area contributed by atoms with Gasteiger partial charge >= 0.3 is 0 Å². The summed E-state index contributed by atoms with van der Waals surface area (Å²) in [5.41, 5.74) is 9.50. The van der Waals surface area contributed by atoms with Gasteiger partial charge in [-0.3, -0.25) is 4.99 Å². The van der Waals surface area contributed by atoms with Gasteiger partial charge in [-0.15, -0.1) is 0 Å². The fourth-order valence-electron chi connectivity index (χ4n) is 6.26. The third-order valence-corrected chi connectivity index (χ3v) is 8.80. The fraction of sp³-hybridized carbons (Fsp3) is 0.344. The van der Waals surface area contributed by atoms with E-state index in [2.05, 4.69) is 49.6 Å². The molecule has 1 saturated heterocycles. The lowest BCUT2D eigenvalue weighted by Gasteiger charge is -2.40. The van der Waals surface area contributed by atoms with E-state index >= 15 is 4.39 Å². The Balaban J connectivity index is 1.38. The minimum absolute atomic E-state index is 0.201. The Morgan fingerprint density at radius 1 is 1.05 bits per heavy atom. The first-order valence-electron chi connectivity index (χ1n) is 14.3. The Morgan fingerprint density at radius 3 is 2.27 bits per heavy atom. The molecule has 6 atom stereocenters. The number of nitrogens with one attached hydrogen (secondary N) is 1. The molecule has 0 saturated carbocycles. The van der Waals surface area contributed by atoms with E-state index < -0.39 is 48.3 Å². The van der Waals surface area contributed by atoms with Crippen molar-refractivity contribution in [2.45, 2.75) is 42.7 Å². The minimum atomic E-state index is -1.50. The highest BCUT2D eigenvalue weighted by atomic mass is 19.1. The number of amidine groups is 1. The molecule has 3 aliphatic heterocycles. The van der Waals surface area contributed by atoms with Crippen LogP contribution in [0.15, 0.2) is 105 Å². The number of halogens is 1. The van der Waals surface area contributed by atoms with Crippen LogP contribution in [0.1, 0.15) is 23.6 Å². The second-order valence-corrected chi connectivity index (χ2v) is 11.0. The van der Waals surface area contributed by atoms with Gasteiger partial charge in [0.05, 0.1) is 26.6 Å². The van der Waals surface area contributed by atoms with Gasteiger partial charge < -0.3 is 24.8 Å². The first-order chi connectivity index (χ1) is 21.5. The molecule has 11 nitrogen and oxygen atoms in total. The summed E-state index contributed by atoms with van der Waals surface area (Å²) in [4.78, 5) is 18.4. The fourth-order valence-corrected chi connectivity index (χ4v) is 6.26. The third kappa shape index (κ3) is 4.86. The normalized spacial score (nSPS) is 27.4. The lowest BCUT2D eigenvalue weighted by molar-refractivity contribution is -0.121. The second kappa shape index (κ2) is 12.1. The molecular weight excluding hydrogens is 563 g/mol. The molecule has 12 heteroatoms. The van der Waals surface area contributed by atoms with Crippen molar-refractivity contribution < 1.29 is 19.0 Å². The number of fused-ring (bicyclic) bond motifs is 1. The zero-order valence-corrected chi connectivity index (χ0v) is 24.3. The number of nitrogens with zero attached hydrogens (tertiary/aromatic N) is 7. The largest absolute Gasteiger partial charge is 0.497 e. The maximum atomic E-state index is 15.8. The van der Waals surface area contributed by atoms with Crippen molar-refractivity contribution >= 4 is 18.5 Å². The molecule has 0 aliphatic carbocycles. The summed E-state index contributed by atoms with van der Waals surface area (Å²) in [5.74, 6) is 0.525. The van der Waals surface area contributed by atoms with Gasteiger partial charge in [-0.2, -0.15) is 0 Å². The maximum Gasteiger partial charge on any atom is 0.165 e. The topological polar surface area (TPSA) is 140 Å². The van der Waals surface area contributed by atoms with E-state index in [-0.39, 0.29) is 6.54 Å². The molecule has 44 heavy (non-hydrogen) atoms. The number of aliphatic imine (C=N–C) groups is 3. The van der Waals surface area contributed by atoms with Crippen molar-refractivity contribution in [3.05, 3.63) is 112 Å². The van der Waals surface area contributed by atoms with Gasteiger partial charge in [0.15, 0.2) is 18.6 Å². The summed E-state index contributed by atoms with van der Waals surface area (Å²) >= 11 is 0. The minimum Gasteiger partial charge on any atom is -0.497 e. The number of ether oxygens (including phenoxy) is 2. The smallest absolute Gasteiger partial charge is 0.165 e. The second-order valence-electron chi connectivity index (χ2n) is 11.0. The van der Waals surface area contributed by atoms with Crippen molar-refractivity contribution in [1.29, 1.82) is 0 Å². The molecule has 0 spiro atoms. The van der Waals surface area contributed by atoms with Crippen LogP contribution >= 0.6 is 0 Å². The Morgan fingerprint density at radius 2 is 1.68 bits per heavy atom. The quantitative estimate of drug-likeness (QED) is 0.163. The molecule has 3 aliphatic rings. The number of alkyl halides is 1. The van der Waals surface area contributed by atoms with Gasteiger partial charge in [-0.1, -0.05) is 84.8 Å². The molecular formula is C32H33FN8O3. The van der Waals surface area contributed by atoms with E-state index in [0.29, 0.717) is 5.84 Å². The standard InChI is InChI=1S/C32H33FN8O3/c1-21-26(33)30(44-31(21,18-42)17-38-40-34)41-20-37-27-28(35-19-36-29(27)41)39-32(22-9-5-3-6-10-22,23-11-7-4-8-12-23)24-13-15-25(43-2)16-14-24/h3-16,19-21,26-27,29-30,42H,17-18H2,1-2H3,(H,35,36,39)/t21-,26+,27?,29?,30+,31+/m0/s1. The predicted molar refractivity (Wildman–Crippen MR) is 165 cm³/mol. The maximum absolute atomic E-state index is 15.8. The molecule has 0 bridgehead atoms. The van der Waals surface area contributed by atoms with E-state index in [1.165, 1.54) is 12.7 Å². The van der Waals surface area contributed by atoms with Crippen LogP contribution in [0.5, 0.6) is 5.75 Å². The van der Waals surface area contributed by atoms with Crippen LogP contribution in [-0.2, 0) is 10.3 Å². The van der Waals surface area contributed by atoms with Gasteiger partial charge in [-0.05, 0) is 34.4 Å². The molecule has 3 aromatic carbocycles. The number of aliphatic hydroxyl groups is 1. The zero-order chi connectivity index (χ0) is 30.7. The van der Waals surface area contributed by atoms with Crippen molar-refractivity contribution in [3.63, 3.8) is 0 Å². The monoisotopic (exact) mass is 596 g/mol. The molecule has 0 radical (unpaired) electrons. The number of benzene rings is 3. The Labute approximate surface area is 254 Å². The molecule has 2 unspecified atom stereocenters. The first kappa shape index (κ1) is 29.3. The number of hydrogen-bond acceptors (Lipinski definition) is 9. The summed E-state index contributed by atoms with van der Waals surface area (Å²) in [6.45, 7) is 0.937. The van der Waals surface area contributed by atoms with Crippen molar-refractivity contribution in [2.24, 2.45) is 26.0 Å². The summed E-state index contributed by atoms with van der Waals surface area (Å²) in [6, 6.07) is 27.4. The van der Waals surface area contributed by atoms with E-state index in [0.717, 1.165) is 22.4 Å². The van der Waals surface area contributed by atoms with Crippen LogP contribution in [0.25, 0.3) is 10.4 Å². The Bertz CT molecular complexity index is 1560. The van der Waals surface area contributed by atoms with Crippen molar-refractivity contribution in [1.82, 2.24) is 10.2 Å². The van der Waals surface area contributed by atoms with Gasteiger partial charge in [-0.25, -0.2) is 14.4 Å². The third-order valence-electron chi connectivity index (χ3n) is 8.80. The number of aliphatic hydroxyl groups excluding tert-OH is 1. The highest BCUT2D eigenvalue weighted by Crippen LogP contribution is 2.42. The predicted octanol–water partition coefficient (Wildman–Crippen LogP) is 4.43. The molecule has 6 rings (SSSR count). The highest BCUT2D eigenvalue weighted by Gasteiger charge is 2.57. The van der Waals surface area contributed by atoms with Crippen LogP contribution in [0, 0.1) is 5.92 Å². The highest BCUT2D eigenvalue weighted by molar-refractivity contribution is 5.98. The first-order valence-corrected chi connectivity index (χ1v) is 14.3. The van der Waals surface area contributed by atoms with Crippen molar-refractivity contribution in [3.8, 4) is 5.75 Å². The van der Waals surface area contributed by atoms with Crippen LogP contribution in [0.4, 0.5) is 4.39 Å².